The van der Waals surface area contributed by atoms with Gasteiger partial charge in [-0.25, -0.2) is 4.68 Å². The summed E-state index contributed by atoms with van der Waals surface area (Å²) in [5.74, 6) is 0.254. The van der Waals surface area contributed by atoms with Crippen molar-refractivity contribution >= 4 is 5.69 Å². The third-order valence-corrected chi connectivity index (χ3v) is 2.80. The fourth-order valence-corrected chi connectivity index (χ4v) is 1.76. The maximum atomic E-state index is 9.27. The fraction of sp³-hybridized carbons (Fsp3) is 0.308. The van der Waals surface area contributed by atoms with Crippen LogP contribution in [0.3, 0.4) is 0 Å². The zero-order chi connectivity index (χ0) is 13.0. The molecule has 1 heterocycles. The second kappa shape index (κ2) is 5.55. The number of benzene rings is 1. The standard InChI is InChI=1S/C13H18N4O/c1-10-13(15-8-2-7-14)9-16-17(10)11-3-5-12(18)6-4-11/h3-6,9,15,18H,2,7-8,14H2,1H3. The highest BCUT2D eigenvalue weighted by Crippen LogP contribution is 2.19. The quantitative estimate of drug-likeness (QED) is 0.701. The first-order valence-corrected chi connectivity index (χ1v) is 6.00. The minimum absolute atomic E-state index is 0.254. The summed E-state index contributed by atoms with van der Waals surface area (Å²) < 4.78 is 1.84. The van der Waals surface area contributed by atoms with Gasteiger partial charge in [0, 0.05) is 6.54 Å². The lowest BCUT2D eigenvalue weighted by Crippen LogP contribution is -2.09. The van der Waals surface area contributed by atoms with Crippen molar-refractivity contribution in [3.8, 4) is 11.4 Å². The van der Waals surface area contributed by atoms with E-state index in [1.807, 2.05) is 23.7 Å². The Hall–Kier alpha value is -2.01. The van der Waals surface area contributed by atoms with Crippen LogP contribution in [-0.4, -0.2) is 28.0 Å². The Morgan fingerprint density at radius 2 is 2.06 bits per heavy atom. The lowest BCUT2D eigenvalue weighted by atomic mass is 10.3. The van der Waals surface area contributed by atoms with Crippen molar-refractivity contribution in [2.75, 3.05) is 18.4 Å². The molecule has 18 heavy (non-hydrogen) atoms. The molecule has 0 aliphatic carbocycles. The second-order valence-corrected chi connectivity index (χ2v) is 4.14. The van der Waals surface area contributed by atoms with Gasteiger partial charge in [-0.05, 0) is 44.2 Å². The predicted octanol–water partition coefficient (Wildman–Crippen LogP) is 1.65. The number of rotatable bonds is 5. The molecule has 0 saturated heterocycles. The molecule has 0 saturated carbocycles. The Bertz CT molecular complexity index is 504. The molecule has 0 atom stereocenters. The van der Waals surface area contributed by atoms with E-state index >= 15 is 0 Å². The van der Waals surface area contributed by atoms with Gasteiger partial charge in [-0.15, -0.1) is 0 Å². The number of phenolic OH excluding ortho intramolecular Hbond substituents is 1. The summed E-state index contributed by atoms with van der Waals surface area (Å²) in [6.45, 7) is 3.53. The zero-order valence-electron chi connectivity index (χ0n) is 10.4. The maximum absolute atomic E-state index is 9.27. The third kappa shape index (κ3) is 2.62. The summed E-state index contributed by atoms with van der Waals surface area (Å²) in [5, 5.41) is 16.9. The van der Waals surface area contributed by atoms with E-state index in [4.69, 9.17) is 5.73 Å². The van der Waals surface area contributed by atoms with Gasteiger partial charge in [0.15, 0.2) is 0 Å². The predicted molar refractivity (Wildman–Crippen MR) is 72.1 cm³/mol. The first kappa shape index (κ1) is 12.4. The molecule has 2 rings (SSSR count). The van der Waals surface area contributed by atoms with Crippen molar-refractivity contribution in [1.29, 1.82) is 0 Å². The van der Waals surface area contributed by atoms with E-state index in [-0.39, 0.29) is 5.75 Å². The second-order valence-electron chi connectivity index (χ2n) is 4.14. The Balaban J connectivity index is 2.17. The normalized spacial score (nSPS) is 10.6. The molecule has 4 N–H and O–H groups in total. The van der Waals surface area contributed by atoms with Crippen molar-refractivity contribution in [1.82, 2.24) is 9.78 Å². The molecule has 0 aliphatic rings. The molecular weight excluding hydrogens is 228 g/mol. The maximum Gasteiger partial charge on any atom is 0.115 e. The van der Waals surface area contributed by atoms with Gasteiger partial charge in [0.05, 0.1) is 23.3 Å². The highest BCUT2D eigenvalue weighted by atomic mass is 16.3. The lowest BCUT2D eigenvalue weighted by molar-refractivity contribution is 0.475. The van der Waals surface area contributed by atoms with Gasteiger partial charge in [0.2, 0.25) is 0 Å². The molecule has 0 aliphatic heterocycles. The number of nitrogens with two attached hydrogens (primary N) is 1. The van der Waals surface area contributed by atoms with Gasteiger partial charge in [0.1, 0.15) is 5.75 Å². The molecule has 0 unspecified atom stereocenters. The van der Waals surface area contributed by atoms with Crippen molar-refractivity contribution in [2.24, 2.45) is 5.73 Å². The number of anilines is 1. The fourth-order valence-electron chi connectivity index (χ4n) is 1.76. The van der Waals surface area contributed by atoms with E-state index in [0.717, 1.165) is 30.0 Å². The van der Waals surface area contributed by atoms with Gasteiger partial charge in [0.25, 0.3) is 0 Å². The number of nitrogens with one attached hydrogen (secondary N) is 1. The van der Waals surface area contributed by atoms with Crippen LogP contribution in [-0.2, 0) is 0 Å². The van der Waals surface area contributed by atoms with Crippen molar-refractivity contribution in [3.63, 3.8) is 0 Å². The smallest absolute Gasteiger partial charge is 0.115 e. The average molecular weight is 246 g/mol. The summed E-state index contributed by atoms with van der Waals surface area (Å²) >= 11 is 0. The van der Waals surface area contributed by atoms with Crippen LogP contribution in [0.25, 0.3) is 5.69 Å². The van der Waals surface area contributed by atoms with Gasteiger partial charge in [-0.1, -0.05) is 0 Å². The molecule has 0 spiro atoms. The van der Waals surface area contributed by atoms with Gasteiger partial charge in [-0.2, -0.15) is 5.10 Å². The molecule has 5 nitrogen and oxygen atoms in total. The Labute approximate surface area is 106 Å². The van der Waals surface area contributed by atoms with Gasteiger partial charge >= 0.3 is 0 Å². The highest BCUT2D eigenvalue weighted by Gasteiger charge is 2.07. The summed E-state index contributed by atoms with van der Waals surface area (Å²) in [6, 6.07) is 6.97. The minimum Gasteiger partial charge on any atom is -0.508 e. The summed E-state index contributed by atoms with van der Waals surface area (Å²) in [6.07, 6.45) is 2.74. The summed E-state index contributed by atoms with van der Waals surface area (Å²) in [7, 11) is 0. The molecule has 2 aromatic rings. The zero-order valence-corrected chi connectivity index (χ0v) is 10.4. The van der Waals surface area contributed by atoms with Crippen LogP contribution in [0.1, 0.15) is 12.1 Å². The first-order valence-electron chi connectivity index (χ1n) is 6.00. The van der Waals surface area contributed by atoms with Crippen LogP contribution in [0.5, 0.6) is 5.75 Å². The van der Waals surface area contributed by atoms with Crippen molar-refractivity contribution in [3.05, 3.63) is 36.2 Å². The first-order chi connectivity index (χ1) is 8.72. The van der Waals surface area contributed by atoms with Crippen LogP contribution in [0.4, 0.5) is 5.69 Å². The topological polar surface area (TPSA) is 76.1 Å². The Morgan fingerprint density at radius 3 is 2.72 bits per heavy atom. The summed E-state index contributed by atoms with van der Waals surface area (Å²) in [5.41, 5.74) is 8.43. The third-order valence-electron chi connectivity index (χ3n) is 2.80. The van der Waals surface area contributed by atoms with Crippen molar-refractivity contribution < 1.29 is 5.11 Å². The average Bonchev–Trinajstić information content (AvgIpc) is 2.73. The van der Waals surface area contributed by atoms with Crippen LogP contribution in [0.2, 0.25) is 0 Å². The Kier molecular flexibility index (Phi) is 3.84. The molecular formula is C13H18N4O. The number of phenols is 1. The molecule has 1 aromatic heterocycles. The van der Waals surface area contributed by atoms with E-state index in [1.54, 1.807) is 18.3 Å². The SMILES string of the molecule is Cc1c(NCCCN)cnn1-c1ccc(O)cc1. The largest absolute Gasteiger partial charge is 0.508 e. The van der Waals surface area contributed by atoms with Crippen LogP contribution in [0.15, 0.2) is 30.5 Å². The van der Waals surface area contributed by atoms with Crippen LogP contribution in [0, 0.1) is 6.92 Å². The number of hydrogen-bond acceptors (Lipinski definition) is 4. The highest BCUT2D eigenvalue weighted by molar-refractivity contribution is 5.49. The van der Waals surface area contributed by atoms with E-state index in [2.05, 4.69) is 10.4 Å². The van der Waals surface area contributed by atoms with Crippen molar-refractivity contribution in [2.45, 2.75) is 13.3 Å². The molecule has 0 fully saturated rings. The number of aromatic nitrogens is 2. The summed E-state index contributed by atoms with van der Waals surface area (Å²) in [4.78, 5) is 0. The van der Waals surface area contributed by atoms with E-state index < -0.39 is 0 Å². The number of hydrogen-bond donors (Lipinski definition) is 3. The van der Waals surface area contributed by atoms with Crippen LogP contribution >= 0.6 is 0 Å². The van der Waals surface area contributed by atoms with Gasteiger partial charge in [-0.3, -0.25) is 0 Å². The number of aromatic hydroxyl groups is 1. The lowest BCUT2D eigenvalue weighted by Gasteiger charge is -2.07. The molecule has 0 amide bonds. The molecule has 1 aromatic carbocycles. The van der Waals surface area contributed by atoms with E-state index in [0.29, 0.717) is 6.54 Å². The van der Waals surface area contributed by atoms with E-state index in [9.17, 15) is 5.11 Å². The van der Waals surface area contributed by atoms with Crippen LogP contribution < -0.4 is 11.1 Å². The van der Waals surface area contributed by atoms with E-state index in [1.165, 1.54) is 0 Å². The monoisotopic (exact) mass is 246 g/mol. The Morgan fingerprint density at radius 1 is 1.33 bits per heavy atom. The molecule has 0 bridgehead atoms. The number of nitrogens with zero attached hydrogens (tertiary/aromatic N) is 2. The molecule has 5 heteroatoms. The minimum atomic E-state index is 0.254. The van der Waals surface area contributed by atoms with Gasteiger partial charge < -0.3 is 16.2 Å². The molecule has 96 valence electrons. The molecule has 0 radical (unpaired) electrons.